The molecule has 0 bridgehead atoms. The van der Waals surface area contributed by atoms with Crippen LogP contribution in [0.1, 0.15) is 12.5 Å². The van der Waals surface area contributed by atoms with Crippen molar-refractivity contribution < 1.29 is 4.74 Å². The first-order valence-electron chi connectivity index (χ1n) is 5.26. The molecule has 2 aromatic heterocycles. The number of nitrogens with two attached hydrogens (primary N) is 1. The maximum Gasteiger partial charge on any atom is 0.155 e. The van der Waals surface area contributed by atoms with Crippen molar-refractivity contribution in [2.24, 2.45) is 5.73 Å². The largest absolute Gasteiger partial charge is 0.372 e. The molecule has 0 saturated heterocycles. The third-order valence-electron chi connectivity index (χ3n) is 2.85. The summed E-state index contributed by atoms with van der Waals surface area (Å²) in [5, 5.41) is 4.01. The van der Waals surface area contributed by atoms with Crippen molar-refractivity contribution in [1.29, 1.82) is 0 Å². The summed E-state index contributed by atoms with van der Waals surface area (Å²) in [5.74, 6) is 0.710. The fraction of sp³-hybridized carbons (Fsp3) is 0.364. The number of ether oxygens (including phenoxy) is 1. The van der Waals surface area contributed by atoms with Crippen LogP contribution < -0.4 is 5.73 Å². The average molecular weight is 233 g/mol. The van der Waals surface area contributed by atoms with Gasteiger partial charge in [0.1, 0.15) is 18.3 Å². The van der Waals surface area contributed by atoms with Gasteiger partial charge < -0.3 is 10.5 Å². The van der Waals surface area contributed by atoms with Gasteiger partial charge in [-0.25, -0.2) is 14.6 Å². The van der Waals surface area contributed by atoms with E-state index in [2.05, 4.69) is 15.1 Å². The lowest BCUT2D eigenvalue weighted by Gasteiger charge is -2.26. The van der Waals surface area contributed by atoms with Crippen molar-refractivity contribution in [3.05, 3.63) is 36.5 Å². The van der Waals surface area contributed by atoms with Gasteiger partial charge in [-0.3, -0.25) is 0 Å². The molecule has 0 aliphatic carbocycles. The maximum absolute atomic E-state index is 5.70. The minimum Gasteiger partial charge on any atom is -0.372 e. The Morgan fingerprint density at radius 3 is 2.76 bits per heavy atom. The molecule has 6 heteroatoms. The van der Waals surface area contributed by atoms with Crippen LogP contribution in [0.25, 0.3) is 5.82 Å². The van der Waals surface area contributed by atoms with E-state index < -0.39 is 5.60 Å². The Balaban J connectivity index is 2.30. The van der Waals surface area contributed by atoms with Gasteiger partial charge in [-0.2, -0.15) is 5.10 Å². The highest BCUT2D eigenvalue weighted by molar-refractivity contribution is 5.27. The summed E-state index contributed by atoms with van der Waals surface area (Å²) in [6.07, 6.45) is 4.81. The highest BCUT2D eigenvalue weighted by Gasteiger charge is 2.24. The normalized spacial score (nSPS) is 14.5. The molecule has 0 aromatic carbocycles. The number of hydrogen-bond donors (Lipinski definition) is 1. The monoisotopic (exact) mass is 233 g/mol. The second-order valence-corrected chi connectivity index (χ2v) is 3.88. The van der Waals surface area contributed by atoms with Gasteiger partial charge in [-0.05, 0) is 13.0 Å². The van der Waals surface area contributed by atoms with Gasteiger partial charge in [-0.1, -0.05) is 6.07 Å². The summed E-state index contributed by atoms with van der Waals surface area (Å²) in [6.45, 7) is 2.33. The van der Waals surface area contributed by atoms with Crippen LogP contribution in [0.15, 0.2) is 31.0 Å². The summed E-state index contributed by atoms with van der Waals surface area (Å²) >= 11 is 0. The van der Waals surface area contributed by atoms with E-state index in [-0.39, 0.29) is 0 Å². The molecule has 2 heterocycles. The number of aromatic nitrogens is 4. The molecule has 0 aliphatic rings. The van der Waals surface area contributed by atoms with Crippen LogP contribution >= 0.6 is 0 Å². The third kappa shape index (κ3) is 2.17. The SMILES string of the molecule is COC(C)(CN)c1ccc(-n2cncn2)nc1. The molecule has 0 radical (unpaired) electrons. The van der Waals surface area contributed by atoms with Crippen LogP contribution in [0.3, 0.4) is 0 Å². The number of hydrogen-bond acceptors (Lipinski definition) is 5. The molecule has 0 spiro atoms. The van der Waals surface area contributed by atoms with E-state index >= 15 is 0 Å². The molecule has 90 valence electrons. The fourth-order valence-electron chi connectivity index (χ4n) is 1.48. The van der Waals surface area contributed by atoms with Gasteiger partial charge in [0.2, 0.25) is 0 Å². The van der Waals surface area contributed by atoms with Crippen LogP contribution in [-0.2, 0) is 10.3 Å². The first-order valence-corrected chi connectivity index (χ1v) is 5.26. The Hall–Kier alpha value is -1.79. The van der Waals surface area contributed by atoms with E-state index in [1.54, 1.807) is 24.3 Å². The molecule has 0 aliphatic heterocycles. The van der Waals surface area contributed by atoms with Crippen LogP contribution in [0.5, 0.6) is 0 Å². The predicted molar refractivity (Wildman–Crippen MR) is 62.6 cm³/mol. The van der Waals surface area contributed by atoms with Crippen molar-refractivity contribution in [1.82, 2.24) is 19.7 Å². The van der Waals surface area contributed by atoms with Crippen LogP contribution in [0, 0.1) is 0 Å². The predicted octanol–water partition coefficient (Wildman–Crippen LogP) is 0.483. The summed E-state index contributed by atoms with van der Waals surface area (Å²) in [5.41, 5.74) is 6.13. The molecule has 1 unspecified atom stereocenters. The van der Waals surface area contributed by atoms with E-state index in [1.807, 2.05) is 19.1 Å². The summed E-state index contributed by atoms with van der Waals surface area (Å²) in [7, 11) is 1.64. The Bertz CT molecular complexity index is 461. The Kier molecular flexibility index (Phi) is 3.16. The van der Waals surface area contributed by atoms with Crippen LogP contribution in [-0.4, -0.2) is 33.4 Å². The van der Waals surface area contributed by atoms with Crippen LogP contribution in [0.2, 0.25) is 0 Å². The second-order valence-electron chi connectivity index (χ2n) is 3.88. The fourth-order valence-corrected chi connectivity index (χ4v) is 1.48. The van der Waals surface area contributed by atoms with E-state index in [4.69, 9.17) is 10.5 Å². The first-order chi connectivity index (χ1) is 8.19. The van der Waals surface area contributed by atoms with E-state index in [0.717, 1.165) is 5.56 Å². The van der Waals surface area contributed by atoms with Gasteiger partial charge in [0, 0.05) is 25.4 Å². The van der Waals surface area contributed by atoms with Crippen molar-refractivity contribution in [3.8, 4) is 5.82 Å². The zero-order valence-electron chi connectivity index (χ0n) is 9.87. The number of rotatable bonds is 4. The standard InChI is InChI=1S/C11H15N5O/c1-11(6-12,17-2)9-3-4-10(14-5-9)16-8-13-7-15-16/h3-5,7-8H,6,12H2,1-2H3. The lowest BCUT2D eigenvalue weighted by molar-refractivity contribution is 0.00980. The third-order valence-corrected chi connectivity index (χ3v) is 2.85. The zero-order chi connectivity index (χ0) is 12.3. The first kappa shape index (κ1) is 11.7. The number of nitrogens with zero attached hydrogens (tertiary/aromatic N) is 4. The second kappa shape index (κ2) is 4.60. The molecule has 0 amide bonds. The summed E-state index contributed by atoms with van der Waals surface area (Å²) in [6, 6.07) is 3.79. The minimum absolute atomic E-state index is 0.397. The van der Waals surface area contributed by atoms with Crippen molar-refractivity contribution in [2.75, 3.05) is 13.7 Å². The van der Waals surface area contributed by atoms with Gasteiger partial charge in [0.25, 0.3) is 0 Å². The molecular weight excluding hydrogens is 218 g/mol. The number of methoxy groups -OCH3 is 1. The smallest absolute Gasteiger partial charge is 0.155 e. The minimum atomic E-state index is -0.506. The van der Waals surface area contributed by atoms with Gasteiger partial charge >= 0.3 is 0 Å². The Labute approximate surface area is 99.4 Å². The topological polar surface area (TPSA) is 78.9 Å². The summed E-state index contributed by atoms with van der Waals surface area (Å²) in [4.78, 5) is 8.18. The molecular formula is C11H15N5O. The van der Waals surface area contributed by atoms with E-state index in [9.17, 15) is 0 Å². The molecule has 0 fully saturated rings. The molecule has 2 aromatic rings. The Morgan fingerprint density at radius 2 is 2.29 bits per heavy atom. The molecule has 2 N–H and O–H groups in total. The van der Waals surface area contributed by atoms with Gasteiger partial charge in [0.15, 0.2) is 5.82 Å². The molecule has 6 nitrogen and oxygen atoms in total. The highest BCUT2D eigenvalue weighted by Crippen LogP contribution is 2.22. The molecule has 0 saturated carbocycles. The lowest BCUT2D eigenvalue weighted by atomic mass is 9.98. The quantitative estimate of drug-likeness (QED) is 0.831. The van der Waals surface area contributed by atoms with Crippen molar-refractivity contribution in [2.45, 2.75) is 12.5 Å². The molecule has 1 atom stereocenters. The lowest BCUT2D eigenvalue weighted by Crippen LogP contribution is -2.33. The van der Waals surface area contributed by atoms with Gasteiger partial charge in [0.05, 0.1) is 0 Å². The molecule has 2 rings (SSSR count). The summed E-state index contributed by atoms with van der Waals surface area (Å²) < 4.78 is 7.00. The maximum atomic E-state index is 5.70. The van der Waals surface area contributed by atoms with Crippen LogP contribution in [0.4, 0.5) is 0 Å². The van der Waals surface area contributed by atoms with Crippen molar-refractivity contribution in [3.63, 3.8) is 0 Å². The van der Waals surface area contributed by atoms with Gasteiger partial charge in [-0.15, -0.1) is 0 Å². The Morgan fingerprint density at radius 1 is 1.47 bits per heavy atom. The van der Waals surface area contributed by atoms with E-state index in [1.165, 1.54) is 6.33 Å². The van der Waals surface area contributed by atoms with E-state index in [0.29, 0.717) is 12.4 Å². The highest BCUT2D eigenvalue weighted by atomic mass is 16.5. The molecule has 17 heavy (non-hydrogen) atoms. The van der Waals surface area contributed by atoms with Crippen molar-refractivity contribution >= 4 is 0 Å². The average Bonchev–Trinajstić information content (AvgIpc) is 2.92. The number of pyridine rings is 1. The zero-order valence-corrected chi connectivity index (χ0v) is 9.87.